The highest BCUT2D eigenvalue weighted by Gasteiger charge is 2.12. The van der Waals surface area contributed by atoms with Crippen molar-refractivity contribution < 1.29 is 13.2 Å². The van der Waals surface area contributed by atoms with Crippen LogP contribution in [-0.4, -0.2) is 14.3 Å². The first-order valence-corrected chi connectivity index (χ1v) is 7.82. The summed E-state index contributed by atoms with van der Waals surface area (Å²) in [5.41, 5.74) is 2.46. The van der Waals surface area contributed by atoms with Crippen LogP contribution in [0.4, 0.5) is 0 Å². The van der Waals surface area contributed by atoms with E-state index in [1.165, 1.54) is 12.0 Å². The number of nitrogens with two attached hydrogens (primary N) is 1. The highest BCUT2D eigenvalue weighted by molar-refractivity contribution is 7.87. The van der Waals surface area contributed by atoms with Gasteiger partial charge in [-0.1, -0.05) is 25.8 Å². The van der Waals surface area contributed by atoms with Crippen LogP contribution in [0.15, 0.2) is 18.2 Å². The number of rotatable bonds is 6. The third-order valence-corrected chi connectivity index (χ3v) is 3.36. The molecule has 0 aliphatic carbocycles. The van der Waals surface area contributed by atoms with Crippen molar-refractivity contribution in [3.63, 3.8) is 0 Å². The van der Waals surface area contributed by atoms with Gasteiger partial charge >= 0.3 is 0 Å². The van der Waals surface area contributed by atoms with Crippen molar-refractivity contribution in [2.75, 3.05) is 0 Å². The second-order valence-electron chi connectivity index (χ2n) is 4.57. The summed E-state index contributed by atoms with van der Waals surface area (Å²) in [6.07, 6.45) is 4.41. The van der Waals surface area contributed by atoms with Gasteiger partial charge in [-0.05, 0) is 43.0 Å². The number of nitrogens with one attached hydrogen (secondary N) is 1. The fourth-order valence-corrected chi connectivity index (χ4v) is 2.25. The first-order valence-electron chi connectivity index (χ1n) is 6.28. The summed E-state index contributed by atoms with van der Waals surface area (Å²) in [5.74, 6) is -0.703. The summed E-state index contributed by atoms with van der Waals surface area (Å²) in [4.78, 5) is 11.6. The average molecular weight is 284 g/mol. The lowest BCUT2D eigenvalue weighted by Crippen LogP contribution is -2.36. The normalized spacial score (nSPS) is 11.3. The third-order valence-electron chi connectivity index (χ3n) is 2.89. The number of amides is 1. The summed E-state index contributed by atoms with van der Waals surface area (Å²) in [6, 6.07) is 5.17. The van der Waals surface area contributed by atoms with Gasteiger partial charge in [0.1, 0.15) is 0 Å². The lowest BCUT2D eigenvalue weighted by atomic mass is 10.00. The minimum absolute atomic E-state index is 0.297. The van der Waals surface area contributed by atoms with Gasteiger partial charge in [0.15, 0.2) is 0 Å². The van der Waals surface area contributed by atoms with Crippen molar-refractivity contribution in [3.05, 3.63) is 34.9 Å². The molecule has 0 atom stereocenters. The Kier molecular flexibility index (Phi) is 5.50. The van der Waals surface area contributed by atoms with Crippen LogP contribution in [0.2, 0.25) is 0 Å². The zero-order valence-electron chi connectivity index (χ0n) is 11.3. The summed E-state index contributed by atoms with van der Waals surface area (Å²) >= 11 is 0. The fraction of sp³-hybridized carbons (Fsp3) is 0.462. The molecule has 0 heterocycles. The predicted octanol–water partition coefficient (Wildman–Crippen LogP) is 1.66. The molecule has 0 spiro atoms. The molecule has 0 unspecified atom stereocenters. The van der Waals surface area contributed by atoms with Crippen molar-refractivity contribution in [1.29, 1.82) is 0 Å². The van der Waals surface area contributed by atoms with Gasteiger partial charge < -0.3 is 0 Å². The molecule has 0 aliphatic heterocycles. The second-order valence-corrected chi connectivity index (χ2v) is 5.87. The van der Waals surface area contributed by atoms with Crippen molar-refractivity contribution in [3.8, 4) is 0 Å². The first kappa shape index (κ1) is 15.7. The number of aryl methyl sites for hydroxylation is 2. The van der Waals surface area contributed by atoms with E-state index in [-0.39, 0.29) is 0 Å². The quantitative estimate of drug-likeness (QED) is 0.778. The molecular formula is C13H20N2O3S. The van der Waals surface area contributed by atoms with Crippen LogP contribution in [0.25, 0.3) is 0 Å². The number of unbranched alkanes of at least 4 members (excludes halogenated alkanes) is 2. The number of hydrogen-bond donors (Lipinski definition) is 2. The lowest BCUT2D eigenvalue weighted by molar-refractivity contribution is 0.0981. The lowest BCUT2D eigenvalue weighted by Gasteiger charge is -2.08. The van der Waals surface area contributed by atoms with Gasteiger partial charge in [0.05, 0.1) is 0 Å². The molecule has 1 amide bonds. The Balaban J connectivity index is 2.79. The number of hydrogen-bond acceptors (Lipinski definition) is 3. The molecule has 19 heavy (non-hydrogen) atoms. The summed E-state index contributed by atoms with van der Waals surface area (Å²) in [5, 5.41) is 4.76. The van der Waals surface area contributed by atoms with Gasteiger partial charge in [0.25, 0.3) is 16.1 Å². The highest BCUT2D eigenvalue weighted by atomic mass is 32.2. The molecule has 1 aromatic carbocycles. The van der Waals surface area contributed by atoms with Crippen molar-refractivity contribution in [1.82, 2.24) is 4.72 Å². The number of benzene rings is 1. The van der Waals surface area contributed by atoms with E-state index in [0.717, 1.165) is 24.8 Å². The van der Waals surface area contributed by atoms with Crippen molar-refractivity contribution in [2.45, 2.75) is 39.5 Å². The highest BCUT2D eigenvalue weighted by Crippen LogP contribution is 2.14. The SMILES string of the molecule is CCCCCc1ccc(C(=O)NS(N)(=O)=O)cc1C. The molecule has 0 bridgehead atoms. The maximum atomic E-state index is 11.6. The number of carbonyl (C=O) groups is 1. The molecule has 1 rings (SSSR count). The van der Waals surface area contributed by atoms with Crippen LogP contribution in [0.3, 0.4) is 0 Å². The van der Waals surface area contributed by atoms with Gasteiger partial charge in [0, 0.05) is 5.56 Å². The molecule has 106 valence electrons. The topological polar surface area (TPSA) is 89.3 Å². The van der Waals surface area contributed by atoms with Crippen molar-refractivity contribution in [2.24, 2.45) is 5.14 Å². The summed E-state index contributed by atoms with van der Waals surface area (Å²) in [7, 11) is -4.01. The fourth-order valence-electron chi connectivity index (χ4n) is 1.87. The summed E-state index contributed by atoms with van der Waals surface area (Å²) in [6.45, 7) is 4.06. The third kappa shape index (κ3) is 5.40. The Morgan fingerprint density at radius 1 is 1.32 bits per heavy atom. The molecule has 6 heteroatoms. The minimum atomic E-state index is -4.01. The Bertz CT molecular complexity index is 553. The van der Waals surface area contributed by atoms with Crippen LogP contribution >= 0.6 is 0 Å². The molecular weight excluding hydrogens is 264 g/mol. The van der Waals surface area contributed by atoms with Crippen LogP contribution in [0.5, 0.6) is 0 Å². The molecule has 0 saturated heterocycles. The number of carbonyl (C=O) groups excluding carboxylic acids is 1. The van der Waals surface area contributed by atoms with E-state index in [4.69, 9.17) is 5.14 Å². The molecule has 0 aromatic heterocycles. The van der Waals surface area contributed by atoms with Gasteiger partial charge in [-0.15, -0.1) is 0 Å². The molecule has 3 N–H and O–H groups in total. The van der Waals surface area contributed by atoms with E-state index in [1.54, 1.807) is 16.9 Å². The zero-order chi connectivity index (χ0) is 14.5. The van der Waals surface area contributed by atoms with E-state index < -0.39 is 16.1 Å². The van der Waals surface area contributed by atoms with Crippen molar-refractivity contribution >= 4 is 16.1 Å². The van der Waals surface area contributed by atoms with Gasteiger partial charge in [-0.25, -0.2) is 9.86 Å². The zero-order valence-corrected chi connectivity index (χ0v) is 12.1. The van der Waals surface area contributed by atoms with E-state index in [1.807, 2.05) is 13.0 Å². The van der Waals surface area contributed by atoms with Gasteiger partial charge in [0.2, 0.25) is 0 Å². The van der Waals surface area contributed by atoms with E-state index in [9.17, 15) is 13.2 Å². The second kappa shape index (κ2) is 6.68. The molecule has 0 aliphatic rings. The Hall–Kier alpha value is -1.40. The standard InChI is InChI=1S/C13H20N2O3S/c1-3-4-5-6-11-7-8-12(9-10(11)2)13(16)15-19(14,17)18/h7-9H,3-6H2,1-2H3,(H,15,16)(H2,14,17,18). The predicted molar refractivity (Wildman–Crippen MR) is 75.0 cm³/mol. The largest absolute Gasteiger partial charge is 0.298 e. The Morgan fingerprint density at radius 3 is 2.53 bits per heavy atom. The van der Waals surface area contributed by atoms with Gasteiger partial charge in [-0.2, -0.15) is 8.42 Å². The van der Waals surface area contributed by atoms with Crippen LogP contribution in [0, 0.1) is 6.92 Å². The molecule has 1 aromatic rings. The van der Waals surface area contributed by atoms with E-state index in [2.05, 4.69) is 6.92 Å². The first-order chi connectivity index (χ1) is 8.83. The van der Waals surface area contributed by atoms with Crippen LogP contribution < -0.4 is 9.86 Å². The van der Waals surface area contributed by atoms with Gasteiger partial charge in [-0.3, -0.25) is 4.79 Å². The van der Waals surface area contributed by atoms with E-state index >= 15 is 0 Å². The average Bonchev–Trinajstić information content (AvgIpc) is 2.29. The molecule has 5 nitrogen and oxygen atoms in total. The Morgan fingerprint density at radius 2 is 2.00 bits per heavy atom. The molecule has 0 radical (unpaired) electrons. The maximum Gasteiger partial charge on any atom is 0.298 e. The monoisotopic (exact) mass is 284 g/mol. The minimum Gasteiger partial charge on any atom is -0.268 e. The van der Waals surface area contributed by atoms with Crippen LogP contribution in [-0.2, 0) is 16.6 Å². The maximum absolute atomic E-state index is 11.6. The Labute approximate surface area is 114 Å². The van der Waals surface area contributed by atoms with Crippen LogP contribution in [0.1, 0.15) is 47.7 Å². The van der Waals surface area contributed by atoms with E-state index in [0.29, 0.717) is 5.56 Å². The molecule has 0 fully saturated rings. The smallest absolute Gasteiger partial charge is 0.268 e. The molecule has 0 saturated carbocycles. The summed E-state index contributed by atoms with van der Waals surface area (Å²) < 4.78 is 23.3.